The van der Waals surface area contributed by atoms with E-state index in [4.69, 9.17) is 9.11 Å². The van der Waals surface area contributed by atoms with E-state index in [1.165, 1.54) is 6.07 Å². The summed E-state index contributed by atoms with van der Waals surface area (Å²) < 4.78 is 58.6. The molecule has 1 rings (SSSR count). The Morgan fingerprint density at radius 3 is 1.95 bits per heavy atom. The van der Waals surface area contributed by atoms with Gasteiger partial charge in [0.05, 0.1) is 10.6 Å². The number of rotatable bonds is 5. The first kappa shape index (κ1) is 20.0. The SMILES string of the molecule is CCCCCS(=O)(=O)O.Cc1cccc(S(=O)(=O)O)c1C. The minimum Gasteiger partial charge on any atom is -0.286 e. The van der Waals surface area contributed by atoms with Gasteiger partial charge < -0.3 is 0 Å². The summed E-state index contributed by atoms with van der Waals surface area (Å²) in [5, 5.41) is 0. The predicted octanol–water partition coefficient (Wildman–Crippen LogP) is 2.61. The van der Waals surface area contributed by atoms with Crippen LogP contribution in [0.4, 0.5) is 0 Å². The molecule has 0 heterocycles. The van der Waals surface area contributed by atoms with Gasteiger partial charge >= 0.3 is 0 Å². The van der Waals surface area contributed by atoms with Gasteiger partial charge in [-0.2, -0.15) is 16.8 Å². The zero-order valence-corrected chi connectivity index (χ0v) is 14.0. The summed E-state index contributed by atoms with van der Waals surface area (Å²) in [6.45, 7) is 5.44. The van der Waals surface area contributed by atoms with Crippen LogP contribution in [-0.4, -0.2) is 31.7 Å². The molecule has 0 spiro atoms. The third-order valence-corrected chi connectivity index (χ3v) is 4.64. The van der Waals surface area contributed by atoms with E-state index in [1.54, 1.807) is 26.0 Å². The molecular formula is C13H22O6S2. The second kappa shape index (κ2) is 8.47. The molecule has 0 aliphatic carbocycles. The Bertz CT molecular complexity index is 647. The first-order valence-corrected chi connectivity index (χ1v) is 9.52. The molecule has 0 radical (unpaired) electrons. The Morgan fingerprint density at radius 1 is 1.00 bits per heavy atom. The van der Waals surface area contributed by atoms with Crippen LogP contribution < -0.4 is 0 Å². The Morgan fingerprint density at radius 2 is 1.57 bits per heavy atom. The van der Waals surface area contributed by atoms with Gasteiger partial charge in [0.2, 0.25) is 0 Å². The first-order valence-electron chi connectivity index (χ1n) is 6.48. The molecule has 8 heteroatoms. The fourth-order valence-electron chi connectivity index (χ4n) is 1.54. The normalized spacial score (nSPS) is 11.7. The fraction of sp³-hybridized carbons (Fsp3) is 0.538. The Kier molecular flexibility index (Phi) is 8.09. The number of hydrogen-bond donors (Lipinski definition) is 2. The minimum atomic E-state index is -4.06. The maximum Gasteiger partial charge on any atom is 0.294 e. The average molecular weight is 338 g/mol. The average Bonchev–Trinajstić information content (AvgIpc) is 2.31. The molecule has 1 aromatic rings. The van der Waals surface area contributed by atoms with Crippen LogP contribution in [0.1, 0.15) is 37.3 Å². The Balaban J connectivity index is 0.000000400. The van der Waals surface area contributed by atoms with Gasteiger partial charge in [-0.05, 0) is 37.5 Å². The lowest BCUT2D eigenvalue weighted by Crippen LogP contribution is -2.02. The minimum absolute atomic E-state index is 0.0116. The van der Waals surface area contributed by atoms with Crippen molar-refractivity contribution in [3.63, 3.8) is 0 Å². The van der Waals surface area contributed by atoms with Gasteiger partial charge in [-0.1, -0.05) is 31.9 Å². The van der Waals surface area contributed by atoms with E-state index < -0.39 is 20.2 Å². The van der Waals surface area contributed by atoms with Crippen molar-refractivity contribution in [1.29, 1.82) is 0 Å². The molecule has 0 bridgehead atoms. The highest BCUT2D eigenvalue weighted by Gasteiger charge is 2.12. The lowest BCUT2D eigenvalue weighted by Gasteiger charge is -2.03. The highest BCUT2D eigenvalue weighted by Crippen LogP contribution is 2.17. The van der Waals surface area contributed by atoms with Crippen LogP contribution in [0.25, 0.3) is 0 Å². The molecule has 0 atom stereocenters. The van der Waals surface area contributed by atoms with Crippen molar-refractivity contribution >= 4 is 20.2 Å². The van der Waals surface area contributed by atoms with Crippen LogP contribution in [0, 0.1) is 13.8 Å². The van der Waals surface area contributed by atoms with Gasteiger partial charge in [-0.15, -0.1) is 0 Å². The van der Waals surface area contributed by atoms with Gasteiger partial charge in [0.25, 0.3) is 20.2 Å². The van der Waals surface area contributed by atoms with Crippen LogP contribution in [0.2, 0.25) is 0 Å². The quantitative estimate of drug-likeness (QED) is 0.631. The van der Waals surface area contributed by atoms with Crippen molar-refractivity contribution in [3.05, 3.63) is 29.3 Å². The van der Waals surface area contributed by atoms with E-state index in [2.05, 4.69) is 0 Å². The van der Waals surface area contributed by atoms with E-state index in [-0.39, 0.29) is 10.6 Å². The monoisotopic (exact) mass is 338 g/mol. The summed E-state index contributed by atoms with van der Waals surface area (Å²) in [5.74, 6) is -0.0964. The summed E-state index contributed by atoms with van der Waals surface area (Å²) in [7, 11) is -7.75. The van der Waals surface area contributed by atoms with E-state index in [9.17, 15) is 16.8 Å². The van der Waals surface area contributed by atoms with Crippen molar-refractivity contribution < 1.29 is 25.9 Å². The standard InChI is InChI=1S/C8H10O3S.C5H12O3S/c1-6-4-3-5-8(7(6)2)12(9,10)11;1-2-3-4-5-9(6,7)8/h3-5H,1-2H3,(H,9,10,11);2-5H2,1H3,(H,6,7,8). The number of aryl methyl sites for hydroxylation is 1. The molecule has 6 nitrogen and oxygen atoms in total. The molecule has 21 heavy (non-hydrogen) atoms. The second-order valence-corrected chi connectivity index (χ2v) is 7.63. The molecule has 0 saturated heterocycles. The van der Waals surface area contributed by atoms with Gasteiger partial charge in [0.1, 0.15) is 0 Å². The lowest BCUT2D eigenvalue weighted by molar-refractivity contribution is 0.478. The topological polar surface area (TPSA) is 109 Å². The van der Waals surface area contributed by atoms with Crippen molar-refractivity contribution in [2.24, 2.45) is 0 Å². The van der Waals surface area contributed by atoms with Crippen molar-refractivity contribution in [3.8, 4) is 0 Å². The molecule has 0 fully saturated rings. The summed E-state index contributed by atoms with van der Waals surface area (Å²) in [5.41, 5.74) is 1.45. The third kappa shape index (κ3) is 8.82. The summed E-state index contributed by atoms with van der Waals surface area (Å²) in [6.07, 6.45) is 2.39. The molecule has 2 N–H and O–H groups in total. The molecule has 0 aliphatic heterocycles. The number of benzene rings is 1. The van der Waals surface area contributed by atoms with Crippen LogP contribution >= 0.6 is 0 Å². The summed E-state index contributed by atoms with van der Waals surface area (Å²) in [6, 6.07) is 4.78. The van der Waals surface area contributed by atoms with E-state index in [1.807, 2.05) is 6.92 Å². The Hall–Kier alpha value is -0.960. The molecule has 1 aromatic carbocycles. The molecule has 0 amide bonds. The van der Waals surface area contributed by atoms with Gasteiger partial charge in [0, 0.05) is 0 Å². The molecule has 0 aliphatic rings. The number of unbranched alkanes of at least 4 members (excludes halogenated alkanes) is 2. The second-order valence-electron chi connectivity index (χ2n) is 4.67. The molecule has 0 unspecified atom stereocenters. The van der Waals surface area contributed by atoms with Gasteiger partial charge in [0.15, 0.2) is 0 Å². The number of hydrogen-bond acceptors (Lipinski definition) is 4. The van der Waals surface area contributed by atoms with Crippen LogP contribution in [0.3, 0.4) is 0 Å². The van der Waals surface area contributed by atoms with Gasteiger partial charge in [-0.3, -0.25) is 9.11 Å². The smallest absolute Gasteiger partial charge is 0.286 e. The summed E-state index contributed by atoms with van der Waals surface area (Å²) in [4.78, 5) is -0.0116. The van der Waals surface area contributed by atoms with E-state index in [0.29, 0.717) is 12.0 Å². The zero-order valence-electron chi connectivity index (χ0n) is 12.4. The maximum atomic E-state index is 10.8. The molecule has 0 saturated carbocycles. The highest BCUT2D eigenvalue weighted by molar-refractivity contribution is 7.86. The van der Waals surface area contributed by atoms with Crippen LogP contribution in [0.5, 0.6) is 0 Å². The largest absolute Gasteiger partial charge is 0.294 e. The molecule has 122 valence electrons. The van der Waals surface area contributed by atoms with Crippen molar-refractivity contribution in [2.75, 3.05) is 5.75 Å². The van der Waals surface area contributed by atoms with E-state index in [0.717, 1.165) is 18.4 Å². The summed E-state index contributed by atoms with van der Waals surface area (Å²) >= 11 is 0. The Labute approximate surface area is 126 Å². The lowest BCUT2D eigenvalue weighted by atomic mass is 10.1. The van der Waals surface area contributed by atoms with Crippen LogP contribution in [-0.2, 0) is 20.2 Å². The van der Waals surface area contributed by atoms with Crippen molar-refractivity contribution in [1.82, 2.24) is 0 Å². The van der Waals surface area contributed by atoms with Gasteiger partial charge in [-0.25, -0.2) is 0 Å². The van der Waals surface area contributed by atoms with Crippen LogP contribution in [0.15, 0.2) is 23.1 Å². The zero-order chi connectivity index (χ0) is 16.7. The highest BCUT2D eigenvalue weighted by atomic mass is 32.2. The molecule has 0 aromatic heterocycles. The fourth-order valence-corrected chi connectivity index (χ4v) is 2.91. The van der Waals surface area contributed by atoms with E-state index >= 15 is 0 Å². The van der Waals surface area contributed by atoms with Crippen molar-refractivity contribution in [2.45, 2.75) is 44.9 Å². The first-order chi connectivity index (χ1) is 9.49. The maximum absolute atomic E-state index is 10.8. The molecular weight excluding hydrogens is 316 g/mol. The third-order valence-electron chi connectivity index (χ3n) is 2.84. The predicted molar refractivity (Wildman–Crippen MR) is 81.7 cm³/mol.